The molecule has 8 N–H and O–H groups in total. The van der Waals surface area contributed by atoms with Gasteiger partial charge in [-0.3, -0.25) is 34.6 Å². The van der Waals surface area contributed by atoms with Gasteiger partial charge in [-0.1, -0.05) is 61.5 Å². The van der Waals surface area contributed by atoms with Crippen LogP contribution in [0.5, 0.6) is 0 Å². The Balaban J connectivity index is 0.000000184. The number of amides is 3. The third kappa shape index (κ3) is 16.0. The molecule has 0 saturated carbocycles. The van der Waals surface area contributed by atoms with Gasteiger partial charge in [-0.2, -0.15) is 10.2 Å². The molecule has 1 atom stereocenters. The van der Waals surface area contributed by atoms with Gasteiger partial charge in [-0.25, -0.2) is 19.4 Å². The van der Waals surface area contributed by atoms with Crippen LogP contribution in [0.2, 0.25) is 0 Å². The lowest BCUT2D eigenvalue weighted by Gasteiger charge is -2.27. The number of hydrogen-bond donors (Lipinski definition) is 7. The molecule has 22 nitrogen and oxygen atoms in total. The third-order valence-electron chi connectivity index (χ3n) is 15.4. The summed E-state index contributed by atoms with van der Waals surface area (Å²) in [6, 6.07) is 33.5. The van der Waals surface area contributed by atoms with E-state index in [1.54, 1.807) is 23.5 Å². The molecule has 9 heterocycles. The van der Waals surface area contributed by atoms with Crippen LogP contribution in [0.3, 0.4) is 0 Å². The van der Waals surface area contributed by atoms with Gasteiger partial charge in [0.1, 0.15) is 28.4 Å². The number of H-pyrrole nitrogens is 3. The van der Waals surface area contributed by atoms with Gasteiger partial charge in [0.2, 0.25) is 0 Å². The van der Waals surface area contributed by atoms with Crippen LogP contribution in [0.15, 0.2) is 153 Å². The number of nitrogens with zero attached hydrogens (tertiary/aromatic N) is 10. The fourth-order valence-corrected chi connectivity index (χ4v) is 10.4. The van der Waals surface area contributed by atoms with Crippen LogP contribution in [0.25, 0.3) is 67.1 Å². The summed E-state index contributed by atoms with van der Waals surface area (Å²) in [6.45, 7) is 18.3. The summed E-state index contributed by atoms with van der Waals surface area (Å²) in [4.78, 5) is 72.9. The number of nitrogens with one attached hydrogen (secondary N) is 6. The predicted molar refractivity (Wildman–Crippen MR) is 351 cm³/mol. The lowest BCUT2D eigenvalue weighted by Crippen LogP contribution is -2.36. The third-order valence-corrected chi connectivity index (χ3v) is 15.4. The zero-order valence-corrected chi connectivity index (χ0v) is 52.4. The molecule has 1 aliphatic heterocycles. The van der Waals surface area contributed by atoms with Crippen molar-refractivity contribution in [3.05, 3.63) is 203 Å². The average Bonchev–Trinajstić information content (AvgIpc) is 1.72. The lowest BCUT2D eigenvalue weighted by atomic mass is 9.97. The molecule has 8 aromatic heterocycles. The Morgan fingerprint density at radius 1 is 0.692 bits per heavy atom. The summed E-state index contributed by atoms with van der Waals surface area (Å²) in [7, 11) is 0. The number of aromatic nitrogens is 12. The molecule has 12 rings (SSSR count). The van der Waals surface area contributed by atoms with E-state index >= 15 is 0 Å². The Labute approximate surface area is 528 Å². The predicted octanol–water partition coefficient (Wildman–Crippen LogP) is 11.5. The van der Waals surface area contributed by atoms with E-state index in [1.807, 2.05) is 137 Å². The number of benzene rings is 3. The van der Waals surface area contributed by atoms with Crippen LogP contribution in [0.4, 0.5) is 4.79 Å². The van der Waals surface area contributed by atoms with Crippen LogP contribution in [-0.4, -0.2) is 108 Å². The number of rotatable bonds is 18. The van der Waals surface area contributed by atoms with Crippen LogP contribution in [0, 0.1) is 13.8 Å². The van der Waals surface area contributed by atoms with E-state index in [9.17, 15) is 14.4 Å². The summed E-state index contributed by atoms with van der Waals surface area (Å²) < 4.78 is 13.7. The highest BCUT2D eigenvalue weighted by atomic mass is 16.6. The Morgan fingerprint density at radius 3 is 1.87 bits per heavy atom. The van der Waals surface area contributed by atoms with Crippen molar-refractivity contribution in [2.45, 2.75) is 112 Å². The molecule has 91 heavy (non-hydrogen) atoms. The molecule has 11 aromatic rings. The first-order valence-corrected chi connectivity index (χ1v) is 30.6. The molecule has 0 radical (unpaired) electrons. The number of aromatic amines is 3. The van der Waals surface area contributed by atoms with E-state index in [0.29, 0.717) is 73.8 Å². The second kappa shape index (κ2) is 29.8. The van der Waals surface area contributed by atoms with Crippen molar-refractivity contribution in [1.82, 2.24) is 80.7 Å². The number of carbonyl (C=O) groups excluding carboxylic acids is 3. The van der Waals surface area contributed by atoms with Crippen molar-refractivity contribution in [2.75, 3.05) is 19.7 Å². The minimum absolute atomic E-state index is 0.198. The Morgan fingerprint density at radius 2 is 1.30 bits per heavy atom. The minimum Gasteiger partial charge on any atom is -0.444 e. The standard InChI is InChI=1S/C36H42N8O4.C26H26N8O.C7H9N/c1-6-43(35(46)48-36(3,4)5)22-25-18-37-20-28(23(25)2)24-13-14-30-27(17-24)32(42-44(30)31-12-8-10-16-47-31)33-39-21-29(41-33)34(45)40-19-26-11-7-9-15-38-26;1-3-27-11-18-12-28-14-21(16(18)2)17-7-8-22-20(10-17)24(34-33-22)25-30-15-23(32-25)26(35)31-13-19-6-4-5-9-29-19;8-6-7-4-2-1-3-5-7/h7,9,11,13-15,17-18,20-21,31H,6,8,10,12,16,19,22H2,1-5H3,(H,39,41)(H,40,45);4-10,12,14-15,27H,3,11,13H2,1-2H3,(H,30,32)(H,31,35)(H,33,34);1-5H,6,8H2. The largest absolute Gasteiger partial charge is 0.444 e. The number of fused-ring (bicyclic) bond motifs is 2. The van der Waals surface area contributed by atoms with E-state index in [4.69, 9.17) is 20.3 Å². The van der Waals surface area contributed by atoms with Crippen molar-refractivity contribution >= 4 is 39.7 Å². The molecular weight excluding hydrogens is 1150 g/mol. The van der Waals surface area contributed by atoms with E-state index in [0.717, 1.165) is 98.9 Å². The SMILES string of the molecule is CCN(Cc1cncc(-c2ccc3c(c2)c(-c2ncc(C(=O)NCc4ccccn4)[nH]2)nn3C2CCCCO2)c1C)C(=O)OC(C)(C)C.CCNCc1cncc(-c2ccc3[nH]nc(-c4ncc(C(=O)NCc5ccccn5)[nH]4)c3c2)c1C.NCc1ccccc1. The smallest absolute Gasteiger partial charge is 0.410 e. The Bertz CT molecular complexity index is 4230. The van der Waals surface area contributed by atoms with Crippen molar-refractivity contribution < 1.29 is 23.9 Å². The molecule has 468 valence electrons. The van der Waals surface area contributed by atoms with Crippen molar-refractivity contribution in [1.29, 1.82) is 0 Å². The molecule has 0 bridgehead atoms. The summed E-state index contributed by atoms with van der Waals surface area (Å²) >= 11 is 0. The maximum Gasteiger partial charge on any atom is 0.410 e. The summed E-state index contributed by atoms with van der Waals surface area (Å²) in [5.41, 5.74) is 19.6. The van der Waals surface area contributed by atoms with E-state index < -0.39 is 5.60 Å². The number of imidazole rings is 2. The van der Waals surface area contributed by atoms with Gasteiger partial charge in [-0.15, -0.1) is 0 Å². The first-order chi connectivity index (χ1) is 44.2. The first-order valence-electron chi connectivity index (χ1n) is 30.6. The summed E-state index contributed by atoms with van der Waals surface area (Å²) in [5.74, 6) is 0.459. The topological polar surface area (TPSA) is 290 Å². The molecule has 1 fully saturated rings. The second-order valence-corrected chi connectivity index (χ2v) is 22.9. The first kappa shape index (κ1) is 63.7. The van der Waals surface area contributed by atoms with Crippen molar-refractivity contribution in [3.63, 3.8) is 0 Å². The lowest BCUT2D eigenvalue weighted by molar-refractivity contribution is -0.0365. The van der Waals surface area contributed by atoms with Crippen LogP contribution in [-0.2, 0) is 42.2 Å². The highest BCUT2D eigenvalue weighted by Gasteiger charge is 2.26. The summed E-state index contributed by atoms with van der Waals surface area (Å²) in [6.07, 6.45) is 16.3. The zero-order valence-electron chi connectivity index (χ0n) is 52.4. The maximum atomic E-state index is 13.0. The average molecular weight is 1220 g/mol. The molecule has 1 saturated heterocycles. The maximum absolute atomic E-state index is 13.0. The molecule has 1 unspecified atom stereocenters. The molecule has 22 heteroatoms. The molecule has 1 aliphatic rings. The van der Waals surface area contributed by atoms with E-state index in [1.165, 1.54) is 29.1 Å². The van der Waals surface area contributed by atoms with Gasteiger partial charge in [0.15, 0.2) is 17.9 Å². The quantitative estimate of drug-likeness (QED) is 0.0420. The molecular formula is C69H77N17O5. The fourth-order valence-electron chi connectivity index (χ4n) is 10.4. The number of carbonyl (C=O) groups is 3. The van der Waals surface area contributed by atoms with Gasteiger partial charge in [0.25, 0.3) is 11.8 Å². The van der Waals surface area contributed by atoms with Gasteiger partial charge < -0.3 is 46.0 Å². The summed E-state index contributed by atoms with van der Waals surface area (Å²) in [5, 5.41) is 23.4. The van der Waals surface area contributed by atoms with Crippen LogP contribution >= 0.6 is 0 Å². The number of ether oxygens (including phenoxy) is 2. The Hall–Kier alpha value is -10.3. The fraction of sp³-hybridized carbons (Fsp3) is 0.290. The van der Waals surface area contributed by atoms with Crippen LogP contribution in [0.1, 0.15) is 120 Å². The number of pyridine rings is 4. The van der Waals surface area contributed by atoms with E-state index in [2.05, 4.69) is 104 Å². The van der Waals surface area contributed by atoms with Gasteiger partial charge in [0.05, 0.1) is 54.4 Å². The number of hydrogen-bond acceptors (Lipinski definition) is 15. The van der Waals surface area contributed by atoms with Crippen LogP contribution < -0.4 is 21.7 Å². The molecule has 0 aliphatic carbocycles. The molecule has 3 amide bonds. The monoisotopic (exact) mass is 1220 g/mol. The minimum atomic E-state index is -0.585. The van der Waals surface area contributed by atoms with Gasteiger partial charge >= 0.3 is 6.09 Å². The van der Waals surface area contributed by atoms with Gasteiger partial charge in [0, 0.05) is 85.3 Å². The molecule has 3 aromatic carbocycles. The highest BCUT2D eigenvalue weighted by Crippen LogP contribution is 2.37. The molecule has 0 spiro atoms. The number of nitrogens with two attached hydrogens (primary N) is 1. The van der Waals surface area contributed by atoms with E-state index in [-0.39, 0.29) is 24.1 Å². The van der Waals surface area contributed by atoms with Gasteiger partial charge in [-0.05, 0) is 155 Å². The Kier molecular flexibility index (Phi) is 20.9. The normalized spacial score (nSPS) is 13.0. The second-order valence-electron chi connectivity index (χ2n) is 22.9. The van der Waals surface area contributed by atoms with Crippen molar-refractivity contribution in [2.24, 2.45) is 5.73 Å². The van der Waals surface area contributed by atoms with Crippen molar-refractivity contribution in [3.8, 4) is 45.3 Å². The zero-order chi connectivity index (χ0) is 63.9. The highest BCUT2D eigenvalue weighted by molar-refractivity contribution is 5.98.